The number of halogens is 1. The summed E-state index contributed by atoms with van der Waals surface area (Å²) in [6, 6.07) is 7.78. The van der Waals surface area contributed by atoms with Gasteiger partial charge in [-0.05, 0) is 45.8 Å². The molecule has 0 aromatic carbocycles. The number of carbonyl (C=O) groups is 1. The zero-order valence-corrected chi connectivity index (χ0v) is 13.8. The quantitative estimate of drug-likeness (QED) is 0.662. The molecule has 6 heteroatoms. The second-order valence-corrected chi connectivity index (χ2v) is 6.43. The lowest BCUT2D eigenvalue weighted by Crippen LogP contribution is -2.36. The summed E-state index contributed by atoms with van der Waals surface area (Å²) < 4.78 is 0.805. The van der Waals surface area contributed by atoms with Gasteiger partial charge in [-0.25, -0.2) is 9.97 Å². The number of aromatic nitrogens is 3. The van der Waals surface area contributed by atoms with Crippen LogP contribution in [0.1, 0.15) is 21.6 Å². The number of hydrogen-bond donors (Lipinski definition) is 0. The Balaban J connectivity index is 1.65. The molecule has 0 N–H and O–H groups in total. The molecule has 5 nitrogen and oxygen atoms in total. The zero-order chi connectivity index (χ0) is 15.8. The fourth-order valence-corrected chi connectivity index (χ4v) is 3.21. The number of nitrogens with zero attached hydrogens (tertiary/aromatic N) is 4. The van der Waals surface area contributed by atoms with Gasteiger partial charge >= 0.3 is 0 Å². The third-order valence-electron chi connectivity index (χ3n) is 3.98. The van der Waals surface area contributed by atoms with E-state index in [4.69, 9.17) is 0 Å². The Hall–Kier alpha value is -2.34. The zero-order valence-electron chi connectivity index (χ0n) is 12.2. The molecule has 23 heavy (non-hydrogen) atoms. The van der Waals surface area contributed by atoms with Gasteiger partial charge in [0.05, 0.1) is 5.56 Å². The van der Waals surface area contributed by atoms with E-state index in [1.54, 1.807) is 24.7 Å². The van der Waals surface area contributed by atoms with Gasteiger partial charge in [-0.2, -0.15) is 0 Å². The van der Waals surface area contributed by atoms with Crippen LogP contribution in [0.3, 0.4) is 0 Å². The highest BCUT2D eigenvalue weighted by Crippen LogP contribution is 2.23. The maximum absolute atomic E-state index is 12.7. The van der Waals surface area contributed by atoms with Gasteiger partial charge in [0.25, 0.3) is 5.91 Å². The fraction of sp³-hybridized carbons (Fsp3) is 0.176. The molecular weight excluding hydrogens is 356 g/mol. The highest BCUT2D eigenvalue weighted by Gasteiger charge is 2.23. The maximum atomic E-state index is 12.7. The van der Waals surface area contributed by atoms with Gasteiger partial charge in [0.15, 0.2) is 5.65 Å². The summed E-state index contributed by atoms with van der Waals surface area (Å²) >= 11 is 3.36. The van der Waals surface area contributed by atoms with E-state index in [1.165, 1.54) is 0 Å². The van der Waals surface area contributed by atoms with Gasteiger partial charge < -0.3 is 4.90 Å². The van der Waals surface area contributed by atoms with Gasteiger partial charge in [-0.15, -0.1) is 0 Å². The normalized spacial score (nSPS) is 13.9. The average molecular weight is 369 g/mol. The Morgan fingerprint density at radius 1 is 1.26 bits per heavy atom. The first-order valence-corrected chi connectivity index (χ1v) is 8.13. The highest BCUT2D eigenvalue weighted by atomic mass is 79.9. The molecule has 4 rings (SSSR count). The van der Waals surface area contributed by atoms with Crippen LogP contribution in [-0.2, 0) is 13.0 Å². The monoisotopic (exact) mass is 368 g/mol. The lowest BCUT2D eigenvalue weighted by Gasteiger charge is -2.28. The standard InChI is InChI=1S/C17H13BrN4O/c18-14-7-12(8-19-9-14)17(23)22-5-3-15-13(10-22)6-11-2-1-4-20-16(11)21-15/h1-2,4,6-9H,3,5,10H2. The van der Waals surface area contributed by atoms with E-state index in [0.717, 1.165) is 33.2 Å². The number of carbonyl (C=O) groups excluding carboxylic acids is 1. The molecule has 0 fully saturated rings. The van der Waals surface area contributed by atoms with Crippen LogP contribution in [0.15, 0.2) is 47.3 Å². The molecule has 0 saturated heterocycles. The Kier molecular flexibility index (Phi) is 3.53. The van der Waals surface area contributed by atoms with Crippen molar-refractivity contribution in [1.82, 2.24) is 19.9 Å². The summed E-state index contributed by atoms with van der Waals surface area (Å²) in [5, 5.41) is 1.00. The Morgan fingerprint density at radius 2 is 2.17 bits per heavy atom. The summed E-state index contributed by atoms with van der Waals surface area (Å²) in [6.45, 7) is 1.22. The molecular formula is C17H13BrN4O. The lowest BCUT2D eigenvalue weighted by atomic mass is 10.0. The molecule has 0 aliphatic carbocycles. The molecule has 0 radical (unpaired) electrons. The minimum atomic E-state index is -0.00395. The molecule has 1 amide bonds. The molecule has 114 valence electrons. The van der Waals surface area contributed by atoms with Gasteiger partial charge in [0.1, 0.15) is 0 Å². The predicted molar refractivity (Wildman–Crippen MR) is 89.9 cm³/mol. The molecule has 0 saturated carbocycles. The fourth-order valence-electron chi connectivity index (χ4n) is 2.85. The Morgan fingerprint density at radius 3 is 3.04 bits per heavy atom. The number of amides is 1. The van der Waals surface area contributed by atoms with Crippen LogP contribution < -0.4 is 0 Å². The molecule has 0 unspecified atom stereocenters. The van der Waals surface area contributed by atoms with E-state index < -0.39 is 0 Å². The average Bonchev–Trinajstić information content (AvgIpc) is 2.59. The van der Waals surface area contributed by atoms with Crippen LogP contribution in [-0.4, -0.2) is 32.3 Å². The molecule has 0 atom stereocenters. The SMILES string of the molecule is O=C(c1cncc(Br)c1)N1CCc2nc3ncccc3cc2C1. The largest absolute Gasteiger partial charge is 0.334 e. The number of pyridine rings is 3. The molecule has 3 aromatic heterocycles. The number of hydrogen-bond acceptors (Lipinski definition) is 4. The first kappa shape index (κ1) is 14.3. The first-order chi connectivity index (χ1) is 11.2. The number of fused-ring (bicyclic) bond motifs is 2. The molecule has 4 heterocycles. The second-order valence-electron chi connectivity index (χ2n) is 5.51. The topological polar surface area (TPSA) is 59.0 Å². The Labute approximate surface area is 141 Å². The van der Waals surface area contributed by atoms with Crippen molar-refractivity contribution in [3.8, 4) is 0 Å². The highest BCUT2D eigenvalue weighted by molar-refractivity contribution is 9.10. The van der Waals surface area contributed by atoms with Crippen LogP contribution in [0.5, 0.6) is 0 Å². The first-order valence-electron chi connectivity index (χ1n) is 7.34. The predicted octanol–water partition coefficient (Wildman–Crippen LogP) is 2.99. The van der Waals surface area contributed by atoms with Gasteiger partial charge in [-0.3, -0.25) is 9.78 Å². The van der Waals surface area contributed by atoms with E-state index in [0.29, 0.717) is 18.7 Å². The van der Waals surface area contributed by atoms with Gasteiger partial charge in [0.2, 0.25) is 0 Å². The van der Waals surface area contributed by atoms with E-state index in [-0.39, 0.29) is 5.91 Å². The second kappa shape index (κ2) is 5.70. The van der Waals surface area contributed by atoms with Crippen molar-refractivity contribution in [3.63, 3.8) is 0 Å². The van der Waals surface area contributed by atoms with E-state index in [2.05, 4.69) is 36.9 Å². The van der Waals surface area contributed by atoms with Gasteiger partial charge in [0, 0.05) is 53.7 Å². The molecule has 1 aliphatic heterocycles. The molecule has 0 bridgehead atoms. The van der Waals surface area contributed by atoms with Crippen molar-refractivity contribution < 1.29 is 4.79 Å². The van der Waals surface area contributed by atoms with Crippen molar-refractivity contribution in [2.24, 2.45) is 0 Å². The van der Waals surface area contributed by atoms with Crippen molar-refractivity contribution in [1.29, 1.82) is 0 Å². The van der Waals surface area contributed by atoms with Crippen LogP contribution >= 0.6 is 15.9 Å². The Bertz CT molecular complexity index is 912. The molecule has 0 spiro atoms. The van der Waals surface area contributed by atoms with E-state index in [1.807, 2.05) is 17.0 Å². The van der Waals surface area contributed by atoms with Gasteiger partial charge in [-0.1, -0.05) is 0 Å². The van der Waals surface area contributed by atoms with Crippen LogP contribution in [0.25, 0.3) is 11.0 Å². The minimum absolute atomic E-state index is 0.00395. The maximum Gasteiger partial charge on any atom is 0.255 e. The summed E-state index contributed by atoms with van der Waals surface area (Å²) in [5.41, 5.74) is 3.49. The smallest absolute Gasteiger partial charge is 0.255 e. The summed E-state index contributed by atoms with van der Waals surface area (Å²) in [6.07, 6.45) is 5.77. The number of rotatable bonds is 1. The summed E-state index contributed by atoms with van der Waals surface area (Å²) in [7, 11) is 0. The van der Waals surface area contributed by atoms with Crippen LogP contribution in [0.2, 0.25) is 0 Å². The summed E-state index contributed by atoms with van der Waals surface area (Å²) in [4.78, 5) is 27.5. The van der Waals surface area contributed by atoms with Crippen molar-refractivity contribution in [3.05, 3.63) is 64.1 Å². The van der Waals surface area contributed by atoms with Crippen LogP contribution in [0.4, 0.5) is 0 Å². The van der Waals surface area contributed by atoms with Crippen LogP contribution in [0, 0.1) is 0 Å². The minimum Gasteiger partial charge on any atom is -0.334 e. The third kappa shape index (κ3) is 2.70. The summed E-state index contributed by atoms with van der Waals surface area (Å²) in [5.74, 6) is -0.00395. The van der Waals surface area contributed by atoms with Crippen molar-refractivity contribution in [2.75, 3.05) is 6.54 Å². The lowest BCUT2D eigenvalue weighted by molar-refractivity contribution is 0.0733. The van der Waals surface area contributed by atoms with Crippen molar-refractivity contribution in [2.45, 2.75) is 13.0 Å². The molecule has 3 aromatic rings. The van der Waals surface area contributed by atoms with E-state index in [9.17, 15) is 4.79 Å². The van der Waals surface area contributed by atoms with E-state index >= 15 is 0 Å². The van der Waals surface area contributed by atoms with Crippen molar-refractivity contribution >= 4 is 32.9 Å². The molecule has 1 aliphatic rings. The third-order valence-corrected chi connectivity index (χ3v) is 4.41.